The van der Waals surface area contributed by atoms with Gasteiger partial charge in [0.1, 0.15) is 16.8 Å². The molecule has 0 saturated carbocycles. The number of hydrogen-bond acceptors (Lipinski definition) is 5. The number of amides is 1. The number of rotatable bonds is 6. The number of benzene rings is 3. The molecule has 7 nitrogen and oxygen atoms in total. The molecule has 1 aromatic heterocycles. The van der Waals surface area contributed by atoms with Crippen LogP contribution in [0, 0.1) is 6.92 Å². The van der Waals surface area contributed by atoms with E-state index in [0.717, 1.165) is 28.2 Å². The Kier molecular flexibility index (Phi) is 6.88. The second-order valence-corrected chi connectivity index (χ2v) is 8.67. The number of anilines is 1. The molecule has 4 aromatic rings. The van der Waals surface area contributed by atoms with Gasteiger partial charge in [-0.25, -0.2) is 0 Å². The van der Waals surface area contributed by atoms with Crippen molar-refractivity contribution in [2.24, 2.45) is 0 Å². The van der Waals surface area contributed by atoms with Crippen molar-refractivity contribution in [1.29, 1.82) is 0 Å². The quantitative estimate of drug-likeness (QED) is 0.366. The average Bonchev–Trinajstić information content (AvgIpc) is 3.22. The van der Waals surface area contributed by atoms with Crippen molar-refractivity contribution < 1.29 is 9.53 Å². The summed E-state index contributed by atoms with van der Waals surface area (Å²) in [7, 11) is 0. The Bertz CT molecular complexity index is 1330. The van der Waals surface area contributed by atoms with E-state index in [1.807, 2.05) is 74.5 Å². The first-order valence-corrected chi connectivity index (χ1v) is 11.6. The highest BCUT2D eigenvalue weighted by Crippen LogP contribution is 2.23. The number of carbonyl (C=O) groups is 1. The predicted octanol–water partition coefficient (Wildman–Crippen LogP) is 5.38. The number of carbonyl (C=O) groups excluding carboxylic acids is 1. The van der Waals surface area contributed by atoms with E-state index in [2.05, 4.69) is 34.7 Å². The number of aromatic nitrogens is 3. The lowest BCUT2D eigenvalue weighted by Gasteiger charge is -2.12. The van der Waals surface area contributed by atoms with Gasteiger partial charge in [-0.2, -0.15) is 4.80 Å². The number of nitrogens with zero attached hydrogens (tertiary/aromatic N) is 3. The maximum atomic E-state index is 12.6. The zero-order valence-electron chi connectivity index (χ0n) is 19.6. The summed E-state index contributed by atoms with van der Waals surface area (Å²) in [5.74, 6) is 0.954. The lowest BCUT2D eigenvalue weighted by atomic mass is 10.0. The largest absolute Gasteiger partial charge is 0.494 e. The molecule has 0 fully saturated rings. The fraction of sp³-hybridized carbons (Fsp3) is 0.231. The molecule has 34 heavy (non-hydrogen) atoms. The Morgan fingerprint density at radius 1 is 1.03 bits per heavy atom. The number of ether oxygens (including phenoxy) is 1. The fourth-order valence-electron chi connectivity index (χ4n) is 3.51. The number of fused-ring (bicyclic) bond motifs is 1. The van der Waals surface area contributed by atoms with Crippen LogP contribution in [-0.4, -0.2) is 32.6 Å². The molecule has 0 radical (unpaired) electrons. The van der Waals surface area contributed by atoms with Crippen molar-refractivity contribution in [3.8, 4) is 11.4 Å². The lowest BCUT2D eigenvalue weighted by Crippen LogP contribution is -2.34. The molecule has 0 bridgehead atoms. The van der Waals surface area contributed by atoms with Gasteiger partial charge in [-0.3, -0.25) is 10.1 Å². The molecule has 0 aliphatic carbocycles. The second-order valence-electron chi connectivity index (χ2n) is 8.26. The van der Waals surface area contributed by atoms with Crippen LogP contribution in [0.1, 0.15) is 48.2 Å². The summed E-state index contributed by atoms with van der Waals surface area (Å²) in [6.07, 6.45) is 0. The minimum atomic E-state index is -0.256. The number of thiocarbonyl (C=S) groups is 1. The van der Waals surface area contributed by atoms with Gasteiger partial charge in [0.2, 0.25) is 0 Å². The van der Waals surface area contributed by atoms with Crippen LogP contribution < -0.4 is 15.4 Å². The van der Waals surface area contributed by atoms with Gasteiger partial charge in [0, 0.05) is 11.3 Å². The summed E-state index contributed by atoms with van der Waals surface area (Å²) in [6.45, 7) is 8.75. The maximum Gasteiger partial charge on any atom is 0.257 e. The van der Waals surface area contributed by atoms with E-state index in [-0.39, 0.29) is 11.0 Å². The van der Waals surface area contributed by atoms with Crippen molar-refractivity contribution in [2.45, 2.75) is 33.6 Å². The fourth-order valence-corrected chi connectivity index (χ4v) is 3.71. The monoisotopic (exact) mass is 473 g/mol. The molecular formula is C26H27N5O2S. The number of aryl methyl sites for hydroxylation is 1. The molecule has 3 aromatic carbocycles. The number of hydrogen-bond donors (Lipinski definition) is 2. The van der Waals surface area contributed by atoms with Crippen LogP contribution in [0.2, 0.25) is 0 Å². The first kappa shape index (κ1) is 23.4. The molecule has 0 aliphatic rings. The Labute approximate surface area is 204 Å². The molecule has 174 valence electrons. The molecule has 8 heteroatoms. The molecular weight excluding hydrogens is 446 g/mol. The second kappa shape index (κ2) is 10.0. The summed E-state index contributed by atoms with van der Waals surface area (Å²) >= 11 is 5.38. The molecule has 0 atom stereocenters. The van der Waals surface area contributed by atoms with Crippen LogP contribution >= 0.6 is 12.2 Å². The third-order valence-corrected chi connectivity index (χ3v) is 5.62. The van der Waals surface area contributed by atoms with Gasteiger partial charge in [-0.1, -0.05) is 26.0 Å². The van der Waals surface area contributed by atoms with Crippen molar-refractivity contribution in [1.82, 2.24) is 20.3 Å². The highest BCUT2D eigenvalue weighted by molar-refractivity contribution is 7.80. The molecule has 0 unspecified atom stereocenters. The van der Waals surface area contributed by atoms with Crippen LogP contribution in [0.25, 0.3) is 16.7 Å². The molecule has 0 spiro atoms. The highest BCUT2D eigenvalue weighted by Gasteiger charge is 2.12. The van der Waals surface area contributed by atoms with E-state index >= 15 is 0 Å². The summed E-state index contributed by atoms with van der Waals surface area (Å²) in [5, 5.41) is 15.2. The van der Waals surface area contributed by atoms with Gasteiger partial charge in [0.25, 0.3) is 5.91 Å². The summed E-state index contributed by atoms with van der Waals surface area (Å²) in [6, 6.07) is 19.0. The third kappa shape index (κ3) is 5.23. The normalized spacial score (nSPS) is 11.0. The van der Waals surface area contributed by atoms with Crippen LogP contribution in [0.4, 0.5) is 5.69 Å². The van der Waals surface area contributed by atoms with Crippen molar-refractivity contribution in [3.63, 3.8) is 0 Å². The zero-order chi connectivity index (χ0) is 24.2. The minimum Gasteiger partial charge on any atom is -0.494 e. The van der Waals surface area contributed by atoms with Gasteiger partial charge in [0.05, 0.1) is 12.3 Å². The van der Waals surface area contributed by atoms with E-state index in [1.165, 1.54) is 5.56 Å². The molecule has 4 rings (SSSR count). The zero-order valence-corrected chi connectivity index (χ0v) is 20.4. The first-order chi connectivity index (χ1) is 16.3. The first-order valence-electron chi connectivity index (χ1n) is 11.2. The standard InChI is InChI=1S/C26H27N5O2S/c1-5-33-21-12-10-20(11-13-21)31-29-23-14-17(4)22(15-24(23)30-31)27-26(34)28-25(32)19-8-6-18(7-9-19)16(2)3/h6-16H,5H2,1-4H3,(H2,27,28,32,34). The van der Waals surface area contributed by atoms with E-state index in [4.69, 9.17) is 17.0 Å². The Balaban J connectivity index is 1.47. The Morgan fingerprint density at radius 2 is 1.68 bits per heavy atom. The van der Waals surface area contributed by atoms with Gasteiger partial charge >= 0.3 is 0 Å². The van der Waals surface area contributed by atoms with Crippen LogP contribution in [0.3, 0.4) is 0 Å². The lowest BCUT2D eigenvalue weighted by molar-refractivity contribution is 0.0977. The Hall–Kier alpha value is -3.78. The SMILES string of the molecule is CCOc1ccc(-n2nc3cc(C)c(NC(=S)NC(=O)c4ccc(C(C)C)cc4)cc3n2)cc1. The maximum absolute atomic E-state index is 12.6. The van der Waals surface area contributed by atoms with Crippen molar-refractivity contribution in [3.05, 3.63) is 77.4 Å². The predicted molar refractivity (Wildman–Crippen MR) is 139 cm³/mol. The molecule has 0 saturated heterocycles. The van der Waals surface area contributed by atoms with E-state index in [0.29, 0.717) is 23.6 Å². The van der Waals surface area contributed by atoms with Crippen LogP contribution in [0.15, 0.2) is 60.7 Å². The van der Waals surface area contributed by atoms with Gasteiger partial charge < -0.3 is 10.1 Å². The smallest absolute Gasteiger partial charge is 0.257 e. The van der Waals surface area contributed by atoms with E-state index in [1.54, 1.807) is 4.80 Å². The third-order valence-electron chi connectivity index (χ3n) is 5.42. The Morgan fingerprint density at radius 3 is 2.29 bits per heavy atom. The van der Waals surface area contributed by atoms with E-state index in [9.17, 15) is 4.79 Å². The van der Waals surface area contributed by atoms with Crippen molar-refractivity contribution >= 4 is 40.0 Å². The minimum absolute atomic E-state index is 0.222. The molecule has 1 amide bonds. The summed E-state index contributed by atoms with van der Waals surface area (Å²) in [5.41, 5.74) is 5.73. The summed E-state index contributed by atoms with van der Waals surface area (Å²) < 4.78 is 5.49. The van der Waals surface area contributed by atoms with Crippen LogP contribution in [0.5, 0.6) is 5.75 Å². The van der Waals surface area contributed by atoms with Gasteiger partial charge in [-0.05, 0) is 91.6 Å². The molecule has 2 N–H and O–H groups in total. The molecule has 1 heterocycles. The van der Waals surface area contributed by atoms with Gasteiger partial charge in [-0.15, -0.1) is 10.2 Å². The molecule has 0 aliphatic heterocycles. The average molecular weight is 474 g/mol. The van der Waals surface area contributed by atoms with Crippen molar-refractivity contribution in [2.75, 3.05) is 11.9 Å². The number of nitrogens with one attached hydrogen (secondary N) is 2. The highest BCUT2D eigenvalue weighted by atomic mass is 32.1. The van der Waals surface area contributed by atoms with Gasteiger partial charge in [0.15, 0.2) is 5.11 Å². The summed E-state index contributed by atoms with van der Waals surface area (Å²) in [4.78, 5) is 14.2. The van der Waals surface area contributed by atoms with Crippen LogP contribution in [-0.2, 0) is 0 Å². The van der Waals surface area contributed by atoms with E-state index < -0.39 is 0 Å². The topological polar surface area (TPSA) is 81.1 Å².